The van der Waals surface area contributed by atoms with Gasteiger partial charge in [-0.05, 0) is 25.7 Å². The molecule has 17 heavy (non-hydrogen) atoms. The van der Waals surface area contributed by atoms with E-state index in [0.717, 1.165) is 13.1 Å². The van der Waals surface area contributed by atoms with Gasteiger partial charge in [-0.25, -0.2) is 8.78 Å². The van der Waals surface area contributed by atoms with Gasteiger partial charge in [0.15, 0.2) is 0 Å². The Kier molecular flexibility index (Phi) is 3.66. The van der Waals surface area contributed by atoms with Gasteiger partial charge in [0, 0.05) is 32.0 Å². The van der Waals surface area contributed by atoms with E-state index in [-0.39, 0.29) is 24.8 Å². The van der Waals surface area contributed by atoms with Crippen molar-refractivity contribution in [2.24, 2.45) is 5.92 Å². The van der Waals surface area contributed by atoms with Crippen LogP contribution in [0.5, 0.6) is 0 Å². The molecule has 1 saturated carbocycles. The molecule has 2 aliphatic rings. The van der Waals surface area contributed by atoms with Gasteiger partial charge in [-0.3, -0.25) is 9.69 Å². The summed E-state index contributed by atoms with van der Waals surface area (Å²) in [6.07, 6.45) is 1.18. The molecule has 5 heteroatoms. The van der Waals surface area contributed by atoms with Crippen molar-refractivity contribution >= 4 is 5.91 Å². The summed E-state index contributed by atoms with van der Waals surface area (Å²) < 4.78 is 26.0. The quantitative estimate of drug-likeness (QED) is 0.803. The van der Waals surface area contributed by atoms with Gasteiger partial charge in [0.25, 0.3) is 0 Å². The monoisotopic (exact) mass is 246 g/mol. The summed E-state index contributed by atoms with van der Waals surface area (Å²) in [5.74, 6) is -2.08. The minimum atomic E-state index is -2.46. The largest absolute Gasteiger partial charge is 0.351 e. The topological polar surface area (TPSA) is 32.3 Å². The van der Waals surface area contributed by atoms with Crippen molar-refractivity contribution < 1.29 is 13.6 Å². The number of nitrogens with one attached hydrogen (secondary N) is 1. The summed E-state index contributed by atoms with van der Waals surface area (Å²) in [5, 5.41) is 2.86. The number of rotatable bonds is 2. The molecule has 3 nitrogen and oxygen atoms in total. The van der Waals surface area contributed by atoms with E-state index in [9.17, 15) is 13.6 Å². The van der Waals surface area contributed by atoms with E-state index >= 15 is 0 Å². The van der Waals surface area contributed by atoms with Crippen molar-refractivity contribution in [3.05, 3.63) is 0 Å². The zero-order valence-electron chi connectivity index (χ0n) is 10.2. The summed E-state index contributed by atoms with van der Waals surface area (Å²) in [5.41, 5.74) is 0. The molecule has 2 rings (SSSR count). The van der Waals surface area contributed by atoms with E-state index in [2.05, 4.69) is 10.2 Å². The second kappa shape index (κ2) is 4.88. The highest BCUT2D eigenvalue weighted by Gasteiger charge is 2.35. The van der Waals surface area contributed by atoms with Gasteiger partial charge in [0.2, 0.25) is 11.8 Å². The Morgan fingerprint density at radius 2 is 2.06 bits per heavy atom. The smallest absolute Gasteiger partial charge is 0.248 e. The molecule has 1 atom stereocenters. The summed E-state index contributed by atoms with van der Waals surface area (Å²) in [6, 6.07) is 0.168. The SMILES string of the molecule is CC1CN(CC2CCC(F)(F)CC2)CC(=O)N1. The number of hydrogen-bond donors (Lipinski definition) is 1. The minimum Gasteiger partial charge on any atom is -0.351 e. The fraction of sp³-hybridized carbons (Fsp3) is 0.917. The molecular weight excluding hydrogens is 226 g/mol. The summed E-state index contributed by atoms with van der Waals surface area (Å²) in [4.78, 5) is 13.5. The van der Waals surface area contributed by atoms with E-state index in [1.54, 1.807) is 0 Å². The number of nitrogens with zero attached hydrogens (tertiary/aromatic N) is 1. The third kappa shape index (κ3) is 3.63. The van der Waals surface area contributed by atoms with Crippen molar-refractivity contribution in [3.8, 4) is 0 Å². The predicted octanol–water partition coefficient (Wildman–Crippen LogP) is 1.63. The van der Waals surface area contributed by atoms with Crippen LogP contribution in [-0.2, 0) is 4.79 Å². The highest BCUT2D eigenvalue weighted by Crippen LogP contribution is 2.36. The Bertz CT molecular complexity index is 286. The minimum absolute atomic E-state index is 0.00720. The maximum Gasteiger partial charge on any atom is 0.248 e. The van der Waals surface area contributed by atoms with Crippen LogP contribution in [0, 0.1) is 5.92 Å². The van der Waals surface area contributed by atoms with Gasteiger partial charge in [-0.15, -0.1) is 0 Å². The van der Waals surface area contributed by atoms with Gasteiger partial charge in [0.05, 0.1) is 6.54 Å². The van der Waals surface area contributed by atoms with Crippen LogP contribution in [-0.4, -0.2) is 42.4 Å². The molecule has 0 bridgehead atoms. The van der Waals surface area contributed by atoms with Gasteiger partial charge in [0.1, 0.15) is 0 Å². The predicted molar refractivity (Wildman–Crippen MR) is 60.9 cm³/mol. The number of piperazine rings is 1. The second-order valence-corrected chi connectivity index (χ2v) is 5.46. The van der Waals surface area contributed by atoms with Crippen molar-refractivity contribution in [2.75, 3.05) is 19.6 Å². The van der Waals surface area contributed by atoms with E-state index in [0.29, 0.717) is 25.3 Å². The Morgan fingerprint density at radius 1 is 1.41 bits per heavy atom. The Morgan fingerprint density at radius 3 is 2.65 bits per heavy atom. The van der Waals surface area contributed by atoms with Crippen LogP contribution in [0.1, 0.15) is 32.6 Å². The van der Waals surface area contributed by atoms with Crippen LogP contribution in [0.3, 0.4) is 0 Å². The molecule has 1 N–H and O–H groups in total. The average Bonchev–Trinajstić information content (AvgIpc) is 2.20. The third-order valence-corrected chi connectivity index (χ3v) is 3.66. The average molecular weight is 246 g/mol. The molecule has 0 radical (unpaired) electrons. The summed E-state index contributed by atoms with van der Waals surface area (Å²) in [7, 11) is 0. The van der Waals surface area contributed by atoms with Crippen LogP contribution in [0.4, 0.5) is 8.78 Å². The van der Waals surface area contributed by atoms with Crippen LogP contribution < -0.4 is 5.32 Å². The molecule has 98 valence electrons. The van der Waals surface area contributed by atoms with Gasteiger partial charge in [-0.2, -0.15) is 0 Å². The van der Waals surface area contributed by atoms with Crippen LogP contribution in [0.25, 0.3) is 0 Å². The Labute approximate surface area is 101 Å². The van der Waals surface area contributed by atoms with Crippen LogP contribution >= 0.6 is 0 Å². The van der Waals surface area contributed by atoms with E-state index in [4.69, 9.17) is 0 Å². The lowest BCUT2D eigenvalue weighted by atomic mass is 9.86. The lowest BCUT2D eigenvalue weighted by molar-refractivity contribution is -0.125. The first-order valence-electron chi connectivity index (χ1n) is 6.34. The highest BCUT2D eigenvalue weighted by atomic mass is 19.3. The first-order chi connectivity index (χ1) is 7.94. The van der Waals surface area contributed by atoms with E-state index in [1.165, 1.54) is 0 Å². The molecule has 1 aliphatic carbocycles. The van der Waals surface area contributed by atoms with Gasteiger partial charge < -0.3 is 5.32 Å². The summed E-state index contributed by atoms with van der Waals surface area (Å²) >= 11 is 0. The second-order valence-electron chi connectivity index (χ2n) is 5.46. The Balaban J connectivity index is 1.79. The zero-order valence-corrected chi connectivity index (χ0v) is 10.2. The molecule has 1 amide bonds. The number of carbonyl (C=O) groups is 1. The lowest BCUT2D eigenvalue weighted by Crippen LogP contribution is -2.54. The first-order valence-corrected chi connectivity index (χ1v) is 6.34. The molecular formula is C12H20F2N2O. The molecule has 2 fully saturated rings. The molecule has 0 aromatic heterocycles. The van der Waals surface area contributed by atoms with Crippen molar-refractivity contribution in [3.63, 3.8) is 0 Å². The maximum atomic E-state index is 13.0. The number of alkyl halides is 2. The maximum absolute atomic E-state index is 13.0. The molecule has 0 aromatic rings. The molecule has 0 aromatic carbocycles. The van der Waals surface area contributed by atoms with Gasteiger partial charge >= 0.3 is 0 Å². The van der Waals surface area contributed by atoms with E-state index in [1.807, 2.05) is 6.92 Å². The number of halogens is 2. The van der Waals surface area contributed by atoms with E-state index < -0.39 is 5.92 Å². The summed E-state index contributed by atoms with van der Waals surface area (Å²) in [6.45, 7) is 4.00. The van der Waals surface area contributed by atoms with Crippen molar-refractivity contribution in [1.82, 2.24) is 10.2 Å². The number of carbonyl (C=O) groups excluding carboxylic acids is 1. The lowest BCUT2D eigenvalue weighted by Gasteiger charge is -2.36. The first kappa shape index (κ1) is 12.7. The molecule has 1 aliphatic heterocycles. The normalized spacial score (nSPS) is 31.2. The standard InChI is InChI=1S/C12H20F2N2O/c1-9-6-16(8-11(17)15-9)7-10-2-4-12(13,14)5-3-10/h9-10H,2-8H2,1H3,(H,15,17). The van der Waals surface area contributed by atoms with Crippen molar-refractivity contribution in [2.45, 2.75) is 44.6 Å². The highest BCUT2D eigenvalue weighted by molar-refractivity contribution is 5.79. The van der Waals surface area contributed by atoms with Crippen LogP contribution in [0.15, 0.2) is 0 Å². The fourth-order valence-corrected chi connectivity index (χ4v) is 2.81. The zero-order chi connectivity index (χ0) is 12.5. The van der Waals surface area contributed by atoms with Gasteiger partial charge in [-0.1, -0.05) is 0 Å². The number of amides is 1. The van der Waals surface area contributed by atoms with Crippen LogP contribution in [0.2, 0.25) is 0 Å². The third-order valence-electron chi connectivity index (χ3n) is 3.66. The molecule has 0 spiro atoms. The number of hydrogen-bond acceptors (Lipinski definition) is 2. The Hall–Kier alpha value is -0.710. The molecule has 1 saturated heterocycles. The molecule has 1 unspecified atom stereocenters. The molecule has 1 heterocycles. The van der Waals surface area contributed by atoms with Crippen molar-refractivity contribution in [1.29, 1.82) is 0 Å². The fourth-order valence-electron chi connectivity index (χ4n) is 2.81.